The number of nitrogens with two attached hydrogens (primary N) is 1. The normalized spacial score (nSPS) is 31.4. The summed E-state index contributed by atoms with van der Waals surface area (Å²) in [5, 5.41) is 9.76. The third-order valence-corrected chi connectivity index (χ3v) is 2.26. The lowest BCUT2D eigenvalue weighted by atomic mass is 9.94. The molecular formula is C9H16N2O. The molecule has 1 unspecified atom stereocenters. The maximum atomic E-state index is 9.76. The van der Waals surface area contributed by atoms with E-state index in [0.717, 1.165) is 19.5 Å². The Morgan fingerprint density at radius 1 is 1.67 bits per heavy atom. The zero-order chi connectivity index (χ0) is 9.03. The van der Waals surface area contributed by atoms with E-state index in [0.29, 0.717) is 19.5 Å². The first-order valence-corrected chi connectivity index (χ1v) is 4.33. The van der Waals surface area contributed by atoms with Crippen molar-refractivity contribution in [3.8, 4) is 12.3 Å². The van der Waals surface area contributed by atoms with Crippen molar-refractivity contribution in [3.05, 3.63) is 0 Å². The molecule has 0 amide bonds. The molecule has 1 fully saturated rings. The maximum absolute atomic E-state index is 9.76. The fourth-order valence-electron chi connectivity index (χ4n) is 1.61. The lowest BCUT2D eigenvalue weighted by Crippen LogP contribution is -2.48. The average Bonchev–Trinajstić information content (AvgIpc) is 2.05. The summed E-state index contributed by atoms with van der Waals surface area (Å²) in [6.07, 6.45) is 6.91. The molecule has 0 bridgehead atoms. The molecule has 68 valence electrons. The molecule has 1 saturated heterocycles. The van der Waals surface area contributed by atoms with Gasteiger partial charge < -0.3 is 10.8 Å². The van der Waals surface area contributed by atoms with Gasteiger partial charge in [0.25, 0.3) is 0 Å². The van der Waals surface area contributed by atoms with E-state index >= 15 is 0 Å². The van der Waals surface area contributed by atoms with Crippen LogP contribution in [0.15, 0.2) is 0 Å². The van der Waals surface area contributed by atoms with E-state index in [1.165, 1.54) is 0 Å². The molecule has 0 spiro atoms. The van der Waals surface area contributed by atoms with Gasteiger partial charge in [0.2, 0.25) is 0 Å². The van der Waals surface area contributed by atoms with Gasteiger partial charge in [-0.05, 0) is 19.4 Å². The number of hydrogen-bond acceptors (Lipinski definition) is 3. The third-order valence-electron chi connectivity index (χ3n) is 2.26. The summed E-state index contributed by atoms with van der Waals surface area (Å²) in [6, 6.07) is 0. The Hall–Kier alpha value is -0.560. The molecule has 1 aliphatic rings. The first kappa shape index (κ1) is 9.53. The van der Waals surface area contributed by atoms with Crippen molar-refractivity contribution in [2.45, 2.75) is 18.4 Å². The van der Waals surface area contributed by atoms with Crippen molar-refractivity contribution in [2.24, 2.45) is 5.73 Å². The predicted molar refractivity (Wildman–Crippen MR) is 48.5 cm³/mol. The Kier molecular flexibility index (Phi) is 3.10. The first-order chi connectivity index (χ1) is 5.70. The summed E-state index contributed by atoms with van der Waals surface area (Å²) < 4.78 is 0. The Balaban J connectivity index is 2.46. The van der Waals surface area contributed by atoms with Gasteiger partial charge in [0.05, 0.1) is 0 Å². The van der Waals surface area contributed by atoms with Crippen molar-refractivity contribution in [1.82, 2.24) is 4.90 Å². The van der Waals surface area contributed by atoms with Crippen LogP contribution in [-0.4, -0.2) is 41.8 Å². The third kappa shape index (κ3) is 2.21. The highest BCUT2D eigenvalue weighted by Crippen LogP contribution is 2.19. The van der Waals surface area contributed by atoms with Crippen molar-refractivity contribution in [2.75, 3.05) is 26.2 Å². The molecule has 1 rings (SSSR count). The second kappa shape index (κ2) is 3.90. The molecule has 0 aromatic carbocycles. The molecule has 3 N–H and O–H groups in total. The number of likely N-dealkylation sites (tertiary alicyclic amines) is 1. The summed E-state index contributed by atoms with van der Waals surface area (Å²) in [4.78, 5) is 2.11. The zero-order valence-corrected chi connectivity index (χ0v) is 7.29. The molecule has 1 aliphatic heterocycles. The fourth-order valence-corrected chi connectivity index (χ4v) is 1.61. The number of rotatable bonds is 2. The van der Waals surface area contributed by atoms with Gasteiger partial charge in [-0.2, -0.15) is 0 Å². The highest BCUT2D eigenvalue weighted by atomic mass is 16.3. The van der Waals surface area contributed by atoms with Crippen molar-refractivity contribution in [1.29, 1.82) is 0 Å². The van der Waals surface area contributed by atoms with Crippen LogP contribution in [0.1, 0.15) is 12.8 Å². The van der Waals surface area contributed by atoms with Crippen LogP contribution >= 0.6 is 0 Å². The highest BCUT2D eigenvalue weighted by molar-refractivity contribution is 5.10. The number of terminal acetylenes is 1. The number of hydrogen-bond donors (Lipinski definition) is 2. The van der Waals surface area contributed by atoms with Crippen LogP contribution in [0.25, 0.3) is 0 Å². The van der Waals surface area contributed by atoms with Gasteiger partial charge in [0.15, 0.2) is 0 Å². The molecule has 1 atom stereocenters. The SMILES string of the molecule is C#CC1(O)CCCN(CCN)C1. The van der Waals surface area contributed by atoms with E-state index in [2.05, 4.69) is 10.8 Å². The number of β-amino-alcohol motifs (C(OH)–C–C–N with tert-alkyl or cyclic N) is 1. The van der Waals surface area contributed by atoms with Crippen LogP contribution in [0, 0.1) is 12.3 Å². The van der Waals surface area contributed by atoms with Gasteiger partial charge >= 0.3 is 0 Å². The summed E-state index contributed by atoms with van der Waals surface area (Å²) >= 11 is 0. The molecular weight excluding hydrogens is 152 g/mol. The largest absolute Gasteiger partial charge is 0.376 e. The number of aliphatic hydroxyl groups is 1. The van der Waals surface area contributed by atoms with Crippen LogP contribution in [0.5, 0.6) is 0 Å². The van der Waals surface area contributed by atoms with Crippen molar-refractivity contribution in [3.63, 3.8) is 0 Å². The lowest BCUT2D eigenvalue weighted by Gasteiger charge is -2.35. The van der Waals surface area contributed by atoms with Crippen molar-refractivity contribution < 1.29 is 5.11 Å². The van der Waals surface area contributed by atoms with E-state index in [1.54, 1.807) is 0 Å². The summed E-state index contributed by atoms with van der Waals surface area (Å²) in [5.74, 6) is 2.44. The Morgan fingerprint density at radius 2 is 2.42 bits per heavy atom. The molecule has 3 nitrogen and oxygen atoms in total. The molecule has 1 heterocycles. The van der Waals surface area contributed by atoms with Gasteiger partial charge in [0, 0.05) is 19.6 Å². The average molecular weight is 168 g/mol. The van der Waals surface area contributed by atoms with E-state index in [-0.39, 0.29) is 0 Å². The van der Waals surface area contributed by atoms with Crippen LogP contribution in [0.2, 0.25) is 0 Å². The second-order valence-electron chi connectivity index (χ2n) is 3.34. The molecule has 12 heavy (non-hydrogen) atoms. The van der Waals surface area contributed by atoms with Gasteiger partial charge in [-0.3, -0.25) is 4.90 Å². The monoisotopic (exact) mass is 168 g/mol. The minimum atomic E-state index is -0.909. The fraction of sp³-hybridized carbons (Fsp3) is 0.778. The maximum Gasteiger partial charge on any atom is 0.137 e. The van der Waals surface area contributed by atoms with Gasteiger partial charge in [-0.15, -0.1) is 6.42 Å². The van der Waals surface area contributed by atoms with Crippen LogP contribution < -0.4 is 5.73 Å². The minimum Gasteiger partial charge on any atom is -0.376 e. The van der Waals surface area contributed by atoms with Crippen LogP contribution in [0.3, 0.4) is 0 Å². The number of piperidine rings is 1. The van der Waals surface area contributed by atoms with Gasteiger partial charge in [0.1, 0.15) is 5.60 Å². The van der Waals surface area contributed by atoms with Crippen molar-refractivity contribution >= 4 is 0 Å². The quantitative estimate of drug-likeness (QED) is 0.542. The Labute approximate surface area is 73.5 Å². The molecule has 0 radical (unpaired) electrons. The zero-order valence-electron chi connectivity index (χ0n) is 7.29. The molecule has 0 saturated carbocycles. The smallest absolute Gasteiger partial charge is 0.137 e. The second-order valence-corrected chi connectivity index (χ2v) is 3.34. The van der Waals surface area contributed by atoms with Crippen LogP contribution in [0.4, 0.5) is 0 Å². The first-order valence-electron chi connectivity index (χ1n) is 4.33. The van der Waals surface area contributed by atoms with E-state index in [9.17, 15) is 5.11 Å². The topological polar surface area (TPSA) is 49.5 Å². The summed E-state index contributed by atoms with van der Waals surface area (Å²) in [6.45, 7) is 3.02. The predicted octanol–water partition coefficient (Wildman–Crippen LogP) is -0.595. The highest BCUT2D eigenvalue weighted by Gasteiger charge is 2.30. The van der Waals surface area contributed by atoms with Crippen LogP contribution in [-0.2, 0) is 0 Å². The molecule has 0 aromatic heterocycles. The van der Waals surface area contributed by atoms with Gasteiger partial charge in [-0.25, -0.2) is 0 Å². The number of nitrogens with zero attached hydrogens (tertiary/aromatic N) is 1. The van der Waals surface area contributed by atoms with E-state index in [4.69, 9.17) is 12.2 Å². The standard InChI is InChI=1S/C9H16N2O/c1-2-9(12)4-3-6-11(8-9)7-5-10/h1,12H,3-8,10H2. The summed E-state index contributed by atoms with van der Waals surface area (Å²) in [7, 11) is 0. The molecule has 0 aromatic rings. The Morgan fingerprint density at radius 3 is 3.00 bits per heavy atom. The molecule has 0 aliphatic carbocycles. The summed E-state index contributed by atoms with van der Waals surface area (Å²) in [5.41, 5.74) is 4.51. The van der Waals surface area contributed by atoms with Gasteiger partial charge in [-0.1, -0.05) is 5.92 Å². The van der Waals surface area contributed by atoms with E-state index in [1.807, 2.05) is 0 Å². The molecule has 3 heteroatoms. The minimum absolute atomic E-state index is 0.570. The Bertz CT molecular complexity index is 185. The van der Waals surface area contributed by atoms with E-state index < -0.39 is 5.60 Å². The lowest BCUT2D eigenvalue weighted by molar-refractivity contribution is 0.0175.